The highest BCUT2D eigenvalue weighted by Gasteiger charge is 2.26. The number of benzene rings is 1. The second-order valence-electron chi connectivity index (χ2n) is 6.05. The Bertz CT molecular complexity index is 808. The standard InChI is InChI=1S/C19H22N4O4/c1-12(2)16(21-17(24)13-8-4-5-10-15(13)27-3)19(26)23-22-18(25)14-9-6-7-11-20-14/h4-12,16H,1-3H3,(H,21,24)(H,22,25)(H,23,26)/t16-/m0/s1. The number of hydrogen-bond donors (Lipinski definition) is 3. The van der Waals surface area contributed by atoms with Crippen molar-refractivity contribution < 1.29 is 19.1 Å². The van der Waals surface area contributed by atoms with E-state index in [1.165, 1.54) is 19.4 Å². The number of hydrazine groups is 1. The predicted octanol–water partition coefficient (Wildman–Crippen LogP) is 1.31. The van der Waals surface area contributed by atoms with E-state index in [4.69, 9.17) is 4.74 Å². The second-order valence-corrected chi connectivity index (χ2v) is 6.05. The molecule has 2 aromatic rings. The minimum absolute atomic E-state index is 0.164. The van der Waals surface area contributed by atoms with Gasteiger partial charge >= 0.3 is 0 Å². The van der Waals surface area contributed by atoms with Gasteiger partial charge in [-0.05, 0) is 30.2 Å². The lowest BCUT2D eigenvalue weighted by Gasteiger charge is -2.22. The first-order valence-corrected chi connectivity index (χ1v) is 8.39. The molecule has 0 saturated heterocycles. The van der Waals surface area contributed by atoms with Gasteiger partial charge in [0.1, 0.15) is 17.5 Å². The first-order chi connectivity index (χ1) is 12.9. The van der Waals surface area contributed by atoms with Gasteiger partial charge < -0.3 is 10.1 Å². The molecule has 142 valence electrons. The molecule has 0 aliphatic rings. The molecule has 0 saturated carbocycles. The third-order valence-corrected chi connectivity index (χ3v) is 3.78. The summed E-state index contributed by atoms with van der Waals surface area (Å²) in [5.41, 5.74) is 5.10. The van der Waals surface area contributed by atoms with Gasteiger partial charge in [-0.2, -0.15) is 0 Å². The summed E-state index contributed by atoms with van der Waals surface area (Å²) in [6.07, 6.45) is 1.47. The Morgan fingerprint density at radius 3 is 2.30 bits per heavy atom. The molecule has 1 atom stereocenters. The quantitative estimate of drug-likeness (QED) is 0.664. The van der Waals surface area contributed by atoms with Gasteiger partial charge in [0.15, 0.2) is 0 Å². The lowest BCUT2D eigenvalue weighted by Crippen LogP contribution is -2.54. The minimum Gasteiger partial charge on any atom is -0.496 e. The van der Waals surface area contributed by atoms with Crippen molar-refractivity contribution in [3.8, 4) is 5.75 Å². The Morgan fingerprint density at radius 1 is 0.963 bits per heavy atom. The molecule has 0 aliphatic carbocycles. The molecule has 0 spiro atoms. The Labute approximate surface area is 157 Å². The van der Waals surface area contributed by atoms with Crippen molar-refractivity contribution in [3.63, 3.8) is 0 Å². The van der Waals surface area contributed by atoms with Crippen LogP contribution in [0.4, 0.5) is 0 Å². The molecule has 3 N–H and O–H groups in total. The van der Waals surface area contributed by atoms with Gasteiger partial charge in [-0.15, -0.1) is 0 Å². The molecule has 1 aromatic heterocycles. The largest absolute Gasteiger partial charge is 0.496 e. The van der Waals surface area contributed by atoms with Crippen LogP contribution in [0.5, 0.6) is 5.75 Å². The van der Waals surface area contributed by atoms with E-state index in [0.717, 1.165) is 0 Å². The van der Waals surface area contributed by atoms with E-state index in [1.807, 2.05) is 0 Å². The van der Waals surface area contributed by atoms with Gasteiger partial charge in [-0.25, -0.2) is 0 Å². The first kappa shape index (κ1) is 19.9. The molecule has 1 heterocycles. The fraction of sp³-hybridized carbons (Fsp3) is 0.263. The van der Waals surface area contributed by atoms with Crippen molar-refractivity contribution in [1.82, 2.24) is 21.2 Å². The van der Waals surface area contributed by atoms with Crippen LogP contribution in [0.25, 0.3) is 0 Å². The highest BCUT2D eigenvalue weighted by Crippen LogP contribution is 2.17. The molecule has 8 heteroatoms. The maximum Gasteiger partial charge on any atom is 0.288 e. The number of carbonyl (C=O) groups is 3. The predicted molar refractivity (Wildman–Crippen MR) is 98.9 cm³/mol. The van der Waals surface area contributed by atoms with Gasteiger partial charge in [-0.1, -0.05) is 32.0 Å². The van der Waals surface area contributed by atoms with Crippen LogP contribution in [0.1, 0.15) is 34.7 Å². The van der Waals surface area contributed by atoms with Crippen molar-refractivity contribution in [2.45, 2.75) is 19.9 Å². The molecule has 3 amide bonds. The number of nitrogens with zero attached hydrogens (tertiary/aromatic N) is 1. The van der Waals surface area contributed by atoms with E-state index in [2.05, 4.69) is 21.2 Å². The molecule has 2 rings (SSSR count). The second kappa shape index (κ2) is 9.33. The molecule has 8 nitrogen and oxygen atoms in total. The number of para-hydroxylation sites is 1. The van der Waals surface area contributed by atoms with Crippen LogP contribution >= 0.6 is 0 Å². The topological polar surface area (TPSA) is 109 Å². The number of nitrogens with one attached hydrogen (secondary N) is 3. The number of rotatable bonds is 6. The van der Waals surface area contributed by atoms with Crippen LogP contribution in [-0.2, 0) is 4.79 Å². The monoisotopic (exact) mass is 370 g/mol. The van der Waals surface area contributed by atoms with E-state index in [-0.39, 0.29) is 11.6 Å². The lowest BCUT2D eigenvalue weighted by molar-refractivity contribution is -0.124. The molecule has 27 heavy (non-hydrogen) atoms. The number of hydrogen-bond acceptors (Lipinski definition) is 5. The fourth-order valence-electron chi connectivity index (χ4n) is 2.34. The van der Waals surface area contributed by atoms with Gasteiger partial charge in [-0.3, -0.25) is 30.2 Å². The van der Waals surface area contributed by atoms with Gasteiger partial charge in [0.05, 0.1) is 12.7 Å². The molecule has 0 radical (unpaired) electrons. The molecular weight excluding hydrogens is 348 g/mol. The van der Waals surface area contributed by atoms with Gasteiger partial charge in [0.2, 0.25) is 0 Å². The number of aromatic nitrogens is 1. The molecule has 0 bridgehead atoms. The average Bonchev–Trinajstić information content (AvgIpc) is 2.70. The summed E-state index contributed by atoms with van der Waals surface area (Å²) in [7, 11) is 1.46. The summed E-state index contributed by atoms with van der Waals surface area (Å²) in [4.78, 5) is 40.9. The summed E-state index contributed by atoms with van der Waals surface area (Å²) in [6, 6.07) is 10.7. The zero-order valence-electron chi connectivity index (χ0n) is 15.4. The highest BCUT2D eigenvalue weighted by atomic mass is 16.5. The van der Waals surface area contributed by atoms with E-state index < -0.39 is 23.8 Å². The SMILES string of the molecule is COc1ccccc1C(=O)N[C@H](C(=O)NNC(=O)c1ccccn1)C(C)C. The molecule has 1 aromatic carbocycles. The summed E-state index contributed by atoms with van der Waals surface area (Å²) < 4.78 is 5.17. The van der Waals surface area contributed by atoms with Crippen LogP contribution in [-0.4, -0.2) is 35.9 Å². The zero-order valence-corrected chi connectivity index (χ0v) is 15.4. The number of methoxy groups -OCH3 is 1. The Morgan fingerprint density at radius 2 is 1.67 bits per heavy atom. The smallest absolute Gasteiger partial charge is 0.288 e. The third kappa shape index (κ3) is 5.27. The molecule has 0 aliphatic heterocycles. The summed E-state index contributed by atoms with van der Waals surface area (Å²) in [6.45, 7) is 3.57. The highest BCUT2D eigenvalue weighted by molar-refractivity contribution is 6.00. The van der Waals surface area contributed by atoms with Gasteiger partial charge in [0, 0.05) is 6.20 Å². The van der Waals surface area contributed by atoms with E-state index in [0.29, 0.717) is 11.3 Å². The van der Waals surface area contributed by atoms with Crippen LogP contribution in [0.15, 0.2) is 48.7 Å². The Hall–Kier alpha value is -3.42. The number of ether oxygens (including phenoxy) is 1. The normalized spacial score (nSPS) is 11.4. The minimum atomic E-state index is -0.855. The Kier molecular flexibility index (Phi) is 6.87. The van der Waals surface area contributed by atoms with Crippen LogP contribution in [0.2, 0.25) is 0 Å². The van der Waals surface area contributed by atoms with Crippen molar-refractivity contribution >= 4 is 17.7 Å². The van der Waals surface area contributed by atoms with E-state index >= 15 is 0 Å². The van der Waals surface area contributed by atoms with Crippen molar-refractivity contribution in [2.75, 3.05) is 7.11 Å². The summed E-state index contributed by atoms with van der Waals surface area (Å²) in [5.74, 6) is -1.35. The van der Waals surface area contributed by atoms with Crippen molar-refractivity contribution in [1.29, 1.82) is 0 Å². The van der Waals surface area contributed by atoms with Crippen LogP contribution in [0.3, 0.4) is 0 Å². The van der Waals surface area contributed by atoms with E-state index in [9.17, 15) is 14.4 Å². The maximum atomic E-state index is 12.5. The number of pyridine rings is 1. The third-order valence-electron chi connectivity index (χ3n) is 3.78. The number of amides is 3. The van der Waals surface area contributed by atoms with Crippen molar-refractivity contribution in [2.24, 2.45) is 5.92 Å². The average molecular weight is 370 g/mol. The van der Waals surface area contributed by atoms with Crippen LogP contribution in [0, 0.1) is 5.92 Å². The summed E-state index contributed by atoms with van der Waals surface area (Å²) >= 11 is 0. The zero-order chi connectivity index (χ0) is 19.8. The maximum absolute atomic E-state index is 12.5. The summed E-state index contributed by atoms with van der Waals surface area (Å²) in [5, 5.41) is 2.67. The van der Waals surface area contributed by atoms with Crippen molar-refractivity contribution in [3.05, 3.63) is 59.9 Å². The Balaban J connectivity index is 2.02. The molecule has 0 unspecified atom stereocenters. The van der Waals surface area contributed by atoms with E-state index in [1.54, 1.807) is 50.2 Å². The number of carbonyl (C=O) groups excluding carboxylic acids is 3. The molecular formula is C19H22N4O4. The molecule has 0 fully saturated rings. The van der Waals surface area contributed by atoms with Crippen LogP contribution < -0.4 is 20.9 Å². The van der Waals surface area contributed by atoms with Gasteiger partial charge in [0.25, 0.3) is 17.7 Å². The lowest BCUT2D eigenvalue weighted by atomic mass is 10.0. The fourth-order valence-corrected chi connectivity index (χ4v) is 2.34. The first-order valence-electron chi connectivity index (χ1n) is 8.39.